The first-order chi connectivity index (χ1) is 8.24. The molecule has 3 nitrogen and oxygen atoms in total. The van der Waals surface area contributed by atoms with E-state index in [4.69, 9.17) is 0 Å². The number of hydrogen-bond donors (Lipinski definition) is 2. The lowest BCUT2D eigenvalue weighted by molar-refractivity contribution is 0.331. The molecule has 3 heteroatoms. The van der Waals surface area contributed by atoms with Crippen LogP contribution in [0.15, 0.2) is 0 Å². The van der Waals surface area contributed by atoms with E-state index in [0.29, 0.717) is 6.04 Å². The van der Waals surface area contributed by atoms with Gasteiger partial charge in [-0.25, -0.2) is 0 Å². The van der Waals surface area contributed by atoms with Gasteiger partial charge in [0, 0.05) is 18.6 Å². The SMILES string of the molecule is CC(CC1CCCCN1)NCC1CCN(C)C1. The Morgan fingerprint density at radius 1 is 1.35 bits per heavy atom. The van der Waals surface area contributed by atoms with Crippen LogP contribution in [0, 0.1) is 5.92 Å². The van der Waals surface area contributed by atoms with Crippen LogP contribution < -0.4 is 10.6 Å². The summed E-state index contributed by atoms with van der Waals surface area (Å²) in [5.74, 6) is 0.877. The summed E-state index contributed by atoms with van der Waals surface area (Å²) < 4.78 is 0. The molecule has 2 aliphatic heterocycles. The fraction of sp³-hybridized carbons (Fsp3) is 1.00. The molecule has 3 atom stereocenters. The Bertz CT molecular complexity index is 214. The van der Waals surface area contributed by atoms with Gasteiger partial charge < -0.3 is 15.5 Å². The summed E-state index contributed by atoms with van der Waals surface area (Å²) in [6.07, 6.45) is 6.82. The van der Waals surface area contributed by atoms with Gasteiger partial charge in [0.2, 0.25) is 0 Å². The van der Waals surface area contributed by atoms with E-state index >= 15 is 0 Å². The van der Waals surface area contributed by atoms with Crippen molar-refractivity contribution in [3.05, 3.63) is 0 Å². The predicted octanol–water partition coefficient (Wildman–Crippen LogP) is 1.45. The molecular weight excluding hydrogens is 210 g/mol. The maximum Gasteiger partial charge on any atom is 0.00817 e. The second-order valence-electron chi connectivity index (χ2n) is 6.11. The summed E-state index contributed by atoms with van der Waals surface area (Å²) in [6, 6.07) is 1.43. The van der Waals surface area contributed by atoms with Crippen LogP contribution in [0.5, 0.6) is 0 Å². The summed E-state index contributed by atoms with van der Waals surface area (Å²) in [5.41, 5.74) is 0. The van der Waals surface area contributed by atoms with E-state index in [1.54, 1.807) is 0 Å². The topological polar surface area (TPSA) is 27.3 Å². The van der Waals surface area contributed by atoms with E-state index < -0.39 is 0 Å². The monoisotopic (exact) mass is 239 g/mol. The molecule has 0 saturated carbocycles. The molecule has 17 heavy (non-hydrogen) atoms. The minimum absolute atomic E-state index is 0.663. The van der Waals surface area contributed by atoms with Crippen molar-refractivity contribution in [3.63, 3.8) is 0 Å². The molecule has 2 heterocycles. The first-order valence-corrected chi connectivity index (χ1v) is 7.39. The van der Waals surface area contributed by atoms with Gasteiger partial charge in [-0.1, -0.05) is 6.42 Å². The average molecular weight is 239 g/mol. The number of rotatable bonds is 5. The molecular formula is C14H29N3. The van der Waals surface area contributed by atoms with E-state index in [0.717, 1.165) is 12.0 Å². The fourth-order valence-electron chi connectivity index (χ4n) is 3.20. The number of nitrogens with one attached hydrogen (secondary N) is 2. The molecule has 0 aromatic heterocycles. The van der Waals surface area contributed by atoms with Crippen LogP contribution in [-0.2, 0) is 0 Å². The molecule has 0 radical (unpaired) electrons. The lowest BCUT2D eigenvalue weighted by Crippen LogP contribution is -2.41. The fourth-order valence-corrected chi connectivity index (χ4v) is 3.20. The molecule has 2 aliphatic rings. The molecule has 0 bridgehead atoms. The van der Waals surface area contributed by atoms with Crippen LogP contribution >= 0.6 is 0 Å². The second kappa shape index (κ2) is 6.72. The van der Waals surface area contributed by atoms with Gasteiger partial charge in [0.15, 0.2) is 0 Å². The Morgan fingerprint density at radius 3 is 2.88 bits per heavy atom. The smallest absolute Gasteiger partial charge is 0.00817 e. The van der Waals surface area contributed by atoms with Crippen molar-refractivity contribution in [1.82, 2.24) is 15.5 Å². The Morgan fingerprint density at radius 2 is 2.24 bits per heavy atom. The van der Waals surface area contributed by atoms with Crippen LogP contribution in [0.25, 0.3) is 0 Å². The first-order valence-electron chi connectivity index (χ1n) is 7.39. The molecule has 2 saturated heterocycles. The van der Waals surface area contributed by atoms with Gasteiger partial charge in [-0.15, -0.1) is 0 Å². The van der Waals surface area contributed by atoms with E-state index in [1.807, 2.05) is 0 Å². The average Bonchev–Trinajstić information content (AvgIpc) is 2.74. The molecule has 0 spiro atoms. The van der Waals surface area contributed by atoms with E-state index in [1.165, 1.54) is 58.3 Å². The van der Waals surface area contributed by atoms with Crippen molar-refractivity contribution < 1.29 is 0 Å². The number of likely N-dealkylation sites (tertiary alicyclic amines) is 1. The van der Waals surface area contributed by atoms with Gasteiger partial charge in [-0.2, -0.15) is 0 Å². The van der Waals surface area contributed by atoms with E-state index in [2.05, 4.69) is 29.5 Å². The number of piperidine rings is 1. The molecule has 2 fully saturated rings. The van der Waals surface area contributed by atoms with Gasteiger partial charge in [0.1, 0.15) is 0 Å². The van der Waals surface area contributed by atoms with Gasteiger partial charge >= 0.3 is 0 Å². The maximum absolute atomic E-state index is 3.73. The second-order valence-corrected chi connectivity index (χ2v) is 6.11. The normalized spacial score (nSPS) is 32.8. The molecule has 2 rings (SSSR count). The summed E-state index contributed by atoms with van der Waals surface area (Å²) in [5, 5.41) is 7.36. The highest BCUT2D eigenvalue weighted by molar-refractivity contribution is 4.79. The van der Waals surface area contributed by atoms with Crippen LogP contribution in [0.4, 0.5) is 0 Å². The number of nitrogens with zero attached hydrogens (tertiary/aromatic N) is 1. The van der Waals surface area contributed by atoms with Gasteiger partial charge in [-0.3, -0.25) is 0 Å². The third kappa shape index (κ3) is 4.57. The van der Waals surface area contributed by atoms with Crippen LogP contribution in [0.2, 0.25) is 0 Å². The summed E-state index contributed by atoms with van der Waals surface area (Å²) in [7, 11) is 2.23. The zero-order valence-electron chi connectivity index (χ0n) is 11.5. The Hall–Kier alpha value is -0.120. The zero-order chi connectivity index (χ0) is 12.1. The lowest BCUT2D eigenvalue weighted by Gasteiger charge is -2.27. The van der Waals surface area contributed by atoms with Gasteiger partial charge in [-0.05, 0) is 65.2 Å². The Labute approximate surface area is 106 Å². The zero-order valence-corrected chi connectivity index (χ0v) is 11.5. The Kier molecular flexibility index (Phi) is 5.26. The predicted molar refractivity (Wildman–Crippen MR) is 73.3 cm³/mol. The standard InChI is InChI=1S/C14H29N3/c1-12(9-14-5-3-4-7-15-14)16-10-13-6-8-17(2)11-13/h12-16H,3-11H2,1-2H3. The molecule has 100 valence electrons. The maximum atomic E-state index is 3.73. The lowest BCUT2D eigenvalue weighted by atomic mass is 9.98. The summed E-state index contributed by atoms with van der Waals surface area (Å²) >= 11 is 0. The van der Waals surface area contributed by atoms with Crippen LogP contribution in [-0.4, -0.2) is 50.2 Å². The summed E-state index contributed by atoms with van der Waals surface area (Å²) in [6.45, 7) is 7.34. The highest BCUT2D eigenvalue weighted by Crippen LogP contribution is 2.15. The van der Waals surface area contributed by atoms with Crippen molar-refractivity contribution in [2.75, 3.05) is 33.2 Å². The highest BCUT2D eigenvalue weighted by Gasteiger charge is 2.20. The first kappa shape index (κ1) is 13.3. The van der Waals surface area contributed by atoms with Crippen molar-refractivity contribution >= 4 is 0 Å². The van der Waals surface area contributed by atoms with E-state index in [9.17, 15) is 0 Å². The quantitative estimate of drug-likeness (QED) is 0.760. The highest BCUT2D eigenvalue weighted by atomic mass is 15.1. The van der Waals surface area contributed by atoms with Crippen LogP contribution in [0.3, 0.4) is 0 Å². The van der Waals surface area contributed by atoms with Gasteiger partial charge in [0.25, 0.3) is 0 Å². The summed E-state index contributed by atoms with van der Waals surface area (Å²) in [4.78, 5) is 2.44. The molecule has 0 amide bonds. The van der Waals surface area contributed by atoms with E-state index in [-0.39, 0.29) is 0 Å². The van der Waals surface area contributed by atoms with Crippen molar-refractivity contribution in [3.8, 4) is 0 Å². The molecule has 0 aliphatic carbocycles. The largest absolute Gasteiger partial charge is 0.314 e. The third-order valence-corrected chi connectivity index (χ3v) is 4.29. The Balaban J connectivity index is 1.58. The minimum Gasteiger partial charge on any atom is -0.314 e. The molecule has 0 aromatic rings. The van der Waals surface area contributed by atoms with Crippen LogP contribution in [0.1, 0.15) is 39.0 Å². The molecule has 2 N–H and O–H groups in total. The van der Waals surface area contributed by atoms with Gasteiger partial charge in [0.05, 0.1) is 0 Å². The number of hydrogen-bond acceptors (Lipinski definition) is 3. The minimum atomic E-state index is 0.663. The van der Waals surface area contributed by atoms with Crippen molar-refractivity contribution in [1.29, 1.82) is 0 Å². The molecule has 0 aromatic carbocycles. The van der Waals surface area contributed by atoms with Crippen molar-refractivity contribution in [2.24, 2.45) is 5.92 Å². The molecule has 3 unspecified atom stereocenters. The third-order valence-electron chi connectivity index (χ3n) is 4.29. The van der Waals surface area contributed by atoms with Crippen molar-refractivity contribution in [2.45, 2.75) is 51.1 Å².